The normalized spacial score (nSPS) is 10.8. The van der Waals surface area contributed by atoms with Crippen LogP contribution in [0.2, 0.25) is 5.02 Å². The summed E-state index contributed by atoms with van der Waals surface area (Å²) in [5, 5.41) is 18.8. The van der Waals surface area contributed by atoms with E-state index in [4.69, 9.17) is 11.6 Å². The van der Waals surface area contributed by atoms with Gasteiger partial charge < -0.3 is 21.1 Å². The molecule has 0 radical (unpaired) electrons. The highest BCUT2D eigenvalue weighted by Gasteiger charge is 2.27. The summed E-state index contributed by atoms with van der Waals surface area (Å²) in [7, 11) is 0. The van der Waals surface area contributed by atoms with Gasteiger partial charge in [0.1, 0.15) is 5.02 Å². The molecule has 0 spiro atoms. The fraction of sp³-hybridized carbons (Fsp3) is 0.167. The Hall–Kier alpha value is -4.11. The van der Waals surface area contributed by atoms with Crippen LogP contribution >= 0.6 is 11.6 Å². The summed E-state index contributed by atoms with van der Waals surface area (Å²) >= 11 is 6.28. The minimum Gasteiger partial charge on any atom is -0.465 e. The van der Waals surface area contributed by atoms with Crippen LogP contribution in [0.5, 0.6) is 0 Å². The van der Waals surface area contributed by atoms with Crippen molar-refractivity contribution in [1.82, 2.24) is 9.97 Å². The van der Waals surface area contributed by atoms with Gasteiger partial charge in [-0.25, -0.2) is 9.78 Å². The number of hydrogen-bond acceptors (Lipinski definition) is 6. The number of amides is 2. The Balaban J connectivity index is 1.83. The third kappa shape index (κ3) is 6.23. The summed E-state index contributed by atoms with van der Waals surface area (Å²) in [5.74, 6) is 0.293. The first-order valence-corrected chi connectivity index (χ1v) is 10.7. The molecule has 0 aliphatic carbocycles. The van der Waals surface area contributed by atoms with Crippen molar-refractivity contribution in [1.29, 1.82) is 0 Å². The molecule has 9 nitrogen and oxygen atoms in total. The molecule has 0 saturated heterocycles. The van der Waals surface area contributed by atoms with E-state index in [1.165, 1.54) is 17.2 Å². The summed E-state index contributed by atoms with van der Waals surface area (Å²) in [4.78, 5) is 33.3. The van der Waals surface area contributed by atoms with Crippen LogP contribution in [-0.4, -0.2) is 32.6 Å². The van der Waals surface area contributed by atoms with Crippen molar-refractivity contribution in [2.45, 2.75) is 26.3 Å². The Morgan fingerprint density at radius 2 is 1.71 bits per heavy atom. The van der Waals surface area contributed by atoms with E-state index in [9.17, 15) is 14.7 Å². The van der Waals surface area contributed by atoms with Gasteiger partial charge >= 0.3 is 6.09 Å². The van der Waals surface area contributed by atoms with E-state index >= 15 is 0 Å². The lowest BCUT2D eigenvalue weighted by Gasteiger charge is -2.33. The van der Waals surface area contributed by atoms with Gasteiger partial charge in [-0.1, -0.05) is 30.3 Å². The standard InChI is InChI=1S/C24H25ClN6O3/c1-5-20(32)27-15-8-6-9-16(12-15)28-21-19(25)14-26-22(30-21)29-17-10-7-11-18(13-17)31(23(33)34)24(2,3)4/h5-14H,1H2,2-4H3,(H,27,32)(H,33,34)(H2,26,28,29,30). The first-order chi connectivity index (χ1) is 16.1. The highest BCUT2D eigenvalue weighted by atomic mass is 35.5. The highest BCUT2D eigenvalue weighted by molar-refractivity contribution is 6.32. The summed E-state index contributed by atoms with van der Waals surface area (Å²) in [6.07, 6.45) is 1.58. The monoisotopic (exact) mass is 480 g/mol. The average Bonchev–Trinajstić information content (AvgIpc) is 2.75. The van der Waals surface area contributed by atoms with Crippen LogP contribution in [0.25, 0.3) is 0 Å². The molecular weight excluding hydrogens is 456 g/mol. The number of aromatic nitrogens is 2. The number of nitrogens with zero attached hydrogens (tertiary/aromatic N) is 3. The smallest absolute Gasteiger partial charge is 0.412 e. The van der Waals surface area contributed by atoms with Crippen molar-refractivity contribution in [3.63, 3.8) is 0 Å². The van der Waals surface area contributed by atoms with Crippen molar-refractivity contribution < 1.29 is 14.7 Å². The molecule has 0 bridgehead atoms. The number of carbonyl (C=O) groups excluding carboxylic acids is 1. The number of hydrogen-bond donors (Lipinski definition) is 4. The molecule has 0 aliphatic heterocycles. The summed E-state index contributed by atoms with van der Waals surface area (Å²) in [5.41, 5.74) is 1.72. The molecule has 4 N–H and O–H groups in total. The lowest BCUT2D eigenvalue weighted by molar-refractivity contribution is -0.111. The second kappa shape index (κ2) is 10.2. The van der Waals surface area contributed by atoms with E-state index in [1.54, 1.807) is 48.5 Å². The quantitative estimate of drug-likeness (QED) is 0.305. The zero-order valence-corrected chi connectivity index (χ0v) is 19.7. The van der Waals surface area contributed by atoms with Crippen molar-refractivity contribution >= 4 is 58.1 Å². The van der Waals surface area contributed by atoms with Crippen LogP contribution in [0.4, 0.5) is 39.3 Å². The molecule has 0 unspecified atom stereocenters. The third-order valence-corrected chi connectivity index (χ3v) is 4.82. The van der Waals surface area contributed by atoms with Gasteiger partial charge in [-0.3, -0.25) is 9.69 Å². The van der Waals surface area contributed by atoms with Crippen LogP contribution in [0.1, 0.15) is 20.8 Å². The van der Waals surface area contributed by atoms with Crippen LogP contribution in [0, 0.1) is 0 Å². The van der Waals surface area contributed by atoms with Gasteiger partial charge in [-0.05, 0) is 63.2 Å². The third-order valence-electron chi connectivity index (χ3n) is 4.54. The van der Waals surface area contributed by atoms with Gasteiger partial charge in [0, 0.05) is 28.3 Å². The summed E-state index contributed by atoms with van der Waals surface area (Å²) in [6.45, 7) is 8.89. The van der Waals surface area contributed by atoms with Gasteiger partial charge in [0.2, 0.25) is 11.9 Å². The predicted molar refractivity (Wildman–Crippen MR) is 136 cm³/mol. The first kappa shape index (κ1) is 24.5. The van der Waals surface area contributed by atoms with Gasteiger partial charge in [0.15, 0.2) is 5.82 Å². The summed E-state index contributed by atoms with van der Waals surface area (Å²) in [6, 6.07) is 14.0. The lowest BCUT2D eigenvalue weighted by atomic mass is 10.1. The zero-order valence-electron chi connectivity index (χ0n) is 19.0. The Labute approximate surface area is 202 Å². The Morgan fingerprint density at radius 1 is 1.06 bits per heavy atom. The zero-order chi connectivity index (χ0) is 24.9. The largest absolute Gasteiger partial charge is 0.465 e. The number of carboxylic acid groups (broad SMARTS) is 1. The lowest BCUT2D eigenvalue weighted by Crippen LogP contribution is -2.45. The number of rotatable bonds is 7. The molecule has 3 rings (SSSR count). The van der Waals surface area contributed by atoms with E-state index in [0.717, 1.165) is 0 Å². The molecule has 3 aromatic rings. The van der Waals surface area contributed by atoms with Crippen LogP contribution < -0.4 is 20.9 Å². The van der Waals surface area contributed by atoms with E-state index in [-0.39, 0.29) is 11.9 Å². The fourth-order valence-electron chi connectivity index (χ4n) is 3.16. The van der Waals surface area contributed by atoms with Crippen molar-refractivity contribution in [3.8, 4) is 0 Å². The molecule has 34 heavy (non-hydrogen) atoms. The maximum atomic E-state index is 11.8. The molecule has 0 aliphatic rings. The van der Waals surface area contributed by atoms with Crippen LogP contribution in [-0.2, 0) is 4.79 Å². The number of anilines is 6. The Bertz CT molecular complexity index is 1230. The van der Waals surface area contributed by atoms with Crippen LogP contribution in [0.15, 0.2) is 67.4 Å². The second-order valence-electron chi connectivity index (χ2n) is 8.25. The molecule has 2 amide bonds. The molecule has 0 saturated carbocycles. The molecule has 2 aromatic carbocycles. The minimum atomic E-state index is -1.05. The number of nitrogens with one attached hydrogen (secondary N) is 3. The van der Waals surface area contributed by atoms with Crippen molar-refractivity contribution in [2.24, 2.45) is 0 Å². The SMILES string of the molecule is C=CC(=O)Nc1cccc(Nc2nc(Nc3cccc(N(C(=O)O)C(C)(C)C)c3)ncc2Cl)c1. The van der Waals surface area contributed by atoms with Gasteiger partial charge in [-0.15, -0.1) is 0 Å². The van der Waals surface area contributed by atoms with E-state index in [0.29, 0.717) is 33.6 Å². The van der Waals surface area contributed by atoms with E-state index in [1.807, 2.05) is 20.8 Å². The van der Waals surface area contributed by atoms with Gasteiger partial charge in [0.25, 0.3) is 0 Å². The van der Waals surface area contributed by atoms with Crippen molar-refractivity contribution in [3.05, 3.63) is 72.4 Å². The predicted octanol–water partition coefficient (Wildman–Crippen LogP) is 6.02. The van der Waals surface area contributed by atoms with Crippen LogP contribution in [0.3, 0.4) is 0 Å². The Morgan fingerprint density at radius 3 is 2.35 bits per heavy atom. The molecular formula is C24H25ClN6O3. The number of benzene rings is 2. The molecule has 10 heteroatoms. The highest BCUT2D eigenvalue weighted by Crippen LogP contribution is 2.29. The van der Waals surface area contributed by atoms with E-state index in [2.05, 4.69) is 32.5 Å². The maximum absolute atomic E-state index is 11.8. The van der Waals surface area contributed by atoms with Gasteiger partial charge in [0.05, 0.1) is 6.20 Å². The van der Waals surface area contributed by atoms with E-state index < -0.39 is 11.6 Å². The summed E-state index contributed by atoms with van der Waals surface area (Å²) < 4.78 is 0. The minimum absolute atomic E-state index is 0.262. The fourth-order valence-corrected chi connectivity index (χ4v) is 3.29. The second-order valence-corrected chi connectivity index (χ2v) is 8.66. The maximum Gasteiger partial charge on any atom is 0.412 e. The number of carbonyl (C=O) groups is 2. The number of halogens is 1. The Kier molecular flexibility index (Phi) is 7.37. The molecule has 0 fully saturated rings. The van der Waals surface area contributed by atoms with Crippen molar-refractivity contribution in [2.75, 3.05) is 20.9 Å². The molecule has 1 heterocycles. The van der Waals surface area contributed by atoms with Gasteiger partial charge in [-0.2, -0.15) is 4.98 Å². The average molecular weight is 481 g/mol. The molecule has 1 aromatic heterocycles. The molecule has 176 valence electrons. The topological polar surface area (TPSA) is 119 Å². The molecule has 0 atom stereocenters. The first-order valence-electron chi connectivity index (χ1n) is 10.3.